The second-order valence-electron chi connectivity index (χ2n) is 6.44. The Morgan fingerprint density at radius 3 is 2.21 bits per heavy atom. The van der Waals surface area contributed by atoms with Gasteiger partial charge in [-0.05, 0) is 49.2 Å². The van der Waals surface area contributed by atoms with Crippen molar-refractivity contribution >= 4 is 29.0 Å². The van der Waals surface area contributed by atoms with E-state index in [1.54, 1.807) is 36.4 Å². The van der Waals surface area contributed by atoms with E-state index in [9.17, 15) is 19.7 Å². The summed E-state index contributed by atoms with van der Waals surface area (Å²) in [6.45, 7) is 0.865. The number of nitrogens with zero attached hydrogens (tertiary/aromatic N) is 1. The maximum atomic E-state index is 12.1. The van der Waals surface area contributed by atoms with E-state index in [1.165, 1.54) is 12.1 Å². The molecule has 146 valence electrons. The number of amides is 3. The molecule has 0 heterocycles. The number of hydrogen-bond acceptors (Lipinski definition) is 5. The highest BCUT2D eigenvalue weighted by Crippen LogP contribution is 2.19. The van der Waals surface area contributed by atoms with Crippen molar-refractivity contribution in [3.63, 3.8) is 0 Å². The van der Waals surface area contributed by atoms with Crippen LogP contribution in [0, 0.1) is 10.1 Å². The van der Waals surface area contributed by atoms with Gasteiger partial charge in [-0.3, -0.25) is 14.9 Å². The average Bonchev–Trinajstić information content (AvgIpc) is 3.50. The van der Waals surface area contributed by atoms with Gasteiger partial charge in [0.15, 0.2) is 0 Å². The smallest absolute Gasteiger partial charge is 0.319 e. The largest absolute Gasteiger partial charge is 0.383 e. The van der Waals surface area contributed by atoms with Crippen molar-refractivity contribution in [3.05, 3.63) is 64.2 Å². The van der Waals surface area contributed by atoms with Crippen LogP contribution in [0.4, 0.5) is 21.9 Å². The molecule has 2 aromatic carbocycles. The van der Waals surface area contributed by atoms with Gasteiger partial charge < -0.3 is 21.3 Å². The maximum absolute atomic E-state index is 12.1. The number of carbonyl (C=O) groups is 2. The molecule has 1 aliphatic carbocycles. The van der Waals surface area contributed by atoms with Crippen LogP contribution in [0.25, 0.3) is 0 Å². The van der Waals surface area contributed by atoms with E-state index in [1.807, 2.05) is 0 Å². The maximum Gasteiger partial charge on any atom is 0.319 e. The van der Waals surface area contributed by atoms with Gasteiger partial charge in [-0.1, -0.05) is 0 Å². The predicted molar refractivity (Wildman–Crippen MR) is 106 cm³/mol. The molecule has 0 saturated heterocycles. The monoisotopic (exact) mass is 383 g/mol. The zero-order chi connectivity index (χ0) is 19.9. The van der Waals surface area contributed by atoms with Crippen LogP contribution in [-0.2, 0) is 0 Å². The fourth-order valence-electron chi connectivity index (χ4n) is 2.47. The van der Waals surface area contributed by atoms with Crippen LogP contribution in [-0.4, -0.2) is 36.0 Å². The average molecular weight is 383 g/mol. The minimum atomic E-state index is -0.454. The summed E-state index contributed by atoms with van der Waals surface area (Å²) in [5.41, 5.74) is 1.87. The third-order valence-corrected chi connectivity index (χ3v) is 4.14. The molecule has 9 heteroatoms. The summed E-state index contributed by atoms with van der Waals surface area (Å²) in [4.78, 5) is 34.0. The molecule has 0 radical (unpaired) electrons. The van der Waals surface area contributed by atoms with Crippen LogP contribution >= 0.6 is 0 Å². The van der Waals surface area contributed by atoms with Crippen molar-refractivity contribution in [2.24, 2.45) is 0 Å². The predicted octanol–water partition coefficient (Wildman–Crippen LogP) is 2.72. The van der Waals surface area contributed by atoms with E-state index in [4.69, 9.17) is 0 Å². The molecule has 0 spiro atoms. The first-order valence-corrected chi connectivity index (χ1v) is 8.95. The van der Waals surface area contributed by atoms with Crippen LogP contribution < -0.4 is 21.3 Å². The second-order valence-corrected chi connectivity index (χ2v) is 6.44. The van der Waals surface area contributed by atoms with E-state index in [2.05, 4.69) is 21.3 Å². The van der Waals surface area contributed by atoms with E-state index < -0.39 is 4.92 Å². The Balaban J connectivity index is 1.39. The van der Waals surface area contributed by atoms with Crippen molar-refractivity contribution in [2.45, 2.75) is 18.9 Å². The molecule has 0 unspecified atom stereocenters. The number of nitro groups is 1. The van der Waals surface area contributed by atoms with Gasteiger partial charge in [0.2, 0.25) is 0 Å². The highest BCUT2D eigenvalue weighted by Gasteiger charge is 2.23. The lowest BCUT2D eigenvalue weighted by Gasteiger charge is -2.09. The number of nitrogens with one attached hydrogen (secondary N) is 4. The van der Waals surface area contributed by atoms with Gasteiger partial charge in [0.25, 0.3) is 11.6 Å². The molecule has 0 bridgehead atoms. The van der Waals surface area contributed by atoms with Crippen LogP contribution in [0.1, 0.15) is 23.2 Å². The highest BCUT2D eigenvalue weighted by atomic mass is 16.6. The minimum absolute atomic E-state index is 0.0295. The van der Waals surface area contributed by atoms with Crippen molar-refractivity contribution in [3.8, 4) is 0 Å². The van der Waals surface area contributed by atoms with Gasteiger partial charge in [-0.25, -0.2) is 4.79 Å². The quantitative estimate of drug-likeness (QED) is 0.317. The van der Waals surface area contributed by atoms with E-state index in [-0.39, 0.29) is 23.7 Å². The lowest BCUT2D eigenvalue weighted by Crippen LogP contribution is -2.30. The number of carbonyl (C=O) groups excluding carboxylic acids is 2. The lowest BCUT2D eigenvalue weighted by molar-refractivity contribution is -0.384. The minimum Gasteiger partial charge on any atom is -0.383 e. The van der Waals surface area contributed by atoms with Crippen molar-refractivity contribution in [2.75, 3.05) is 23.7 Å². The number of non-ortho nitro benzene ring substituents is 1. The third kappa shape index (κ3) is 5.70. The Labute approximate surface area is 161 Å². The molecule has 4 N–H and O–H groups in total. The van der Waals surface area contributed by atoms with Crippen LogP contribution in [0.2, 0.25) is 0 Å². The summed E-state index contributed by atoms with van der Waals surface area (Å²) in [7, 11) is 0. The summed E-state index contributed by atoms with van der Waals surface area (Å²) in [6.07, 6.45) is 2.04. The first-order valence-electron chi connectivity index (χ1n) is 8.95. The molecule has 2 aromatic rings. The summed E-state index contributed by atoms with van der Waals surface area (Å²) < 4.78 is 0. The Morgan fingerprint density at radius 2 is 1.61 bits per heavy atom. The zero-order valence-corrected chi connectivity index (χ0v) is 15.1. The molecule has 0 atom stereocenters. The summed E-state index contributed by atoms with van der Waals surface area (Å²) >= 11 is 0. The number of urea groups is 1. The Bertz CT molecular complexity index is 848. The summed E-state index contributed by atoms with van der Waals surface area (Å²) in [6, 6.07) is 12.8. The fourth-order valence-corrected chi connectivity index (χ4v) is 2.47. The normalized spacial score (nSPS) is 12.7. The molecule has 0 aliphatic heterocycles. The lowest BCUT2D eigenvalue weighted by atomic mass is 10.2. The molecular formula is C19H21N5O4. The molecule has 9 nitrogen and oxygen atoms in total. The van der Waals surface area contributed by atoms with Gasteiger partial charge in [-0.15, -0.1) is 0 Å². The number of anilines is 2. The molecule has 28 heavy (non-hydrogen) atoms. The van der Waals surface area contributed by atoms with Crippen LogP contribution in [0.15, 0.2) is 48.5 Å². The van der Waals surface area contributed by atoms with Gasteiger partial charge in [-0.2, -0.15) is 0 Å². The zero-order valence-electron chi connectivity index (χ0n) is 15.1. The SMILES string of the molecule is O=C(Nc1ccc(C(=O)NCCNc2ccc([N+](=O)[O-])cc2)cc1)NC1CC1. The Morgan fingerprint density at radius 1 is 0.964 bits per heavy atom. The molecular weight excluding hydrogens is 362 g/mol. The summed E-state index contributed by atoms with van der Waals surface area (Å²) in [5, 5.41) is 22.0. The second kappa shape index (κ2) is 8.85. The standard InChI is InChI=1S/C19H21N5O4/c25-18(21-12-11-20-14-7-9-17(10-8-14)24(27)28)13-1-3-15(4-2-13)22-19(26)23-16-5-6-16/h1-4,7-10,16,20H,5-6,11-12H2,(H,21,25)(H2,22,23,26). The topological polar surface area (TPSA) is 125 Å². The molecule has 3 rings (SSSR count). The van der Waals surface area contributed by atoms with Gasteiger partial charge in [0.1, 0.15) is 0 Å². The number of hydrogen-bond donors (Lipinski definition) is 4. The van der Waals surface area contributed by atoms with Gasteiger partial charge in [0, 0.05) is 48.2 Å². The van der Waals surface area contributed by atoms with Crippen molar-refractivity contribution < 1.29 is 14.5 Å². The number of nitro benzene ring substituents is 1. The number of rotatable bonds is 8. The highest BCUT2D eigenvalue weighted by molar-refractivity contribution is 5.95. The molecule has 3 amide bonds. The van der Waals surface area contributed by atoms with Crippen LogP contribution in [0.3, 0.4) is 0 Å². The Kier molecular flexibility index (Phi) is 6.05. The van der Waals surface area contributed by atoms with E-state index in [0.29, 0.717) is 24.3 Å². The molecule has 1 aliphatic rings. The van der Waals surface area contributed by atoms with Crippen LogP contribution in [0.5, 0.6) is 0 Å². The molecule has 1 saturated carbocycles. The summed E-state index contributed by atoms with van der Waals surface area (Å²) in [5.74, 6) is -0.223. The third-order valence-electron chi connectivity index (χ3n) is 4.14. The van der Waals surface area contributed by atoms with Crippen molar-refractivity contribution in [1.82, 2.24) is 10.6 Å². The fraction of sp³-hybridized carbons (Fsp3) is 0.263. The first-order chi connectivity index (χ1) is 13.5. The first kappa shape index (κ1) is 19.2. The van der Waals surface area contributed by atoms with Crippen molar-refractivity contribution in [1.29, 1.82) is 0 Å². The Hall–Kier alpha value is -3.62. The van der Waals surface area contributed by atoms with E-state index in [0.717, 1.165) is 18.5 Å². The molecule has 1 fully saturated rings. The molecule has 0 aromatic heterocycles. The van der Waals surface area contributed by atoms with E-state index >= 15 is 0 Å². The number of benzene rings is 2. The van der Waals surface area contributed by atoms with Gasteiger partial charge >= 0.3 is 6.03 Å². The van der Waals surface area contributed by atoms with Gasteiger partial charge in [0.05, 0.1) is 4.92 Å².